The van der Waals surface area contributed by atoms with Crippen LogP contribution in [-0.4, -0.2) is 43.7 Å². The quantitative estimate of drug-likeness (QED) is 0.675. The average molecular weight is 407 g/mol. The number of anilines is 1. The van der Waals surface area contributed by atoms with Gasteiger partial charge in [0.15, 0.2) is 12.0 Å². The second-order valence-electron chi connectivity index (χ2n) is 7.95. The fraction of sp³-hybridized carbons (Fsp3) is 0.381. The van der Waals surface area contributed by atoms with Gasteiger partial charge in [0.1, 0.15) is 42.2 Å². The zero-order chi connectivity index (χ0) is 21.0. The average Bonchev–Trinajstić information content (AvgIpc) is 3.39. The molecule has 2 aromatic heterocycles. The molecule has 0 radical (unpaired) electrons. The highest BCUT2D eigenvalue weighted by Crippen LogP contribution is 2.47. The number of nitrogen functional groups attached to an aromatic ring is 1. The summed E-state index contributed by atoms with van der Waals surface area (Å²) in [5.74, 6) is -0.442. The molecule has 3 N–H and O–H groups in total. The van der Waals surface area contributed by atoms with Crippen molar-refractivity contribution in [2.75, 3.05) is 5.73 Å². The standard InChI is InChI=1S/C21H21N5O4/c1-21(2)29-16-15(14(27)12-5-3-11(9-22)4-6-12)28-20(17(16)30-21)26-8-7-13-18(23)24-10-25-19(13)26/h3-8,10,14-17,20,27H,1-2H3,(H2,23,24,25)/t14?,15-,16-,17-,20-/m1/s1. The summed E-state index contributed by atoms with van der Waals surface area (Å²) in [4.78, 5) is 8.37. The second kappa shape index (κ2) is 6.75. The van der Waals surface area contributed by atoms with Crippen molar-refractivity contribution in [1.82, 2.24) is 14.5 Å². The van der Waals surface area contributed by atoms with Crippen LogP contribution in [0.4, 0.5) is 5.82 Å². The summed E-state index contributed by atoms with van der Waals surface area (Å²) in [6.07, 6.45) is 0.0710. The summed E-state index contributed by atoms with van der Waals surface area (Å²) >= 11 is 0. The van der Waals surface area contributed by atoms with Crippen molar-refractivity contribution in [3.05, 3.63) is 54.0 Å². The van der Waals surface area contributed by atoms with Crippen LogP contribution < -0.4 is 5.73 Å². The topological polar surface area (TPSA) is 128 Å². The highest BCUT2D eigenvalue weighted by Gasteiger charge is 2.58. The molecule has 0 spiro atoms. The number of nitriles is 1. The minimum Gasteiger partial charge on any atom is -0.386 e. The van der Waals surface area contributed by atoms with E-state index in [2.05, 4.69) is 16.0 Å². The van der Waals surface area contributed by atoms with Crippen LogP contribution in [0.15, 0.2) is 42.9 Å². The maximum Gasteiger partial charge on any atom is 0.164 e. The molecule has 30 heavy (non-hydrogen) atoms. The summed E-state index contributed by atoms with van der Waals surface area (Å²) in [7, 11) is 0. The van der Waals surface area contributed by atoms with Gasteiger partial charge in [0.05, 0.1) is 17.0 Å². The Kier molecular flexibility index (Phi) is 4.27. The molecule has 2 saturated heterocycles. The summed E-state index contributed by atoms with van der Waals surface area (Å²) < 4.78 is 20.4. The number of ether oxygens (including phenoxy) is 3. The molecule has 9 nitrogen and oxygen atoms in total. The Morgan fingerprint density at radius 3 is 2.63 bits per heavy atom. The van der Waals surface area contributed by atoms with E-state index in [1.54, 1.807) is 24.3 Å². The maximum atomic E-state index is 11.1. The molecule has 9 heteroatoms. The van der Waals surface area contributed by atoms with Gasteiger partial charge in [0.2, 0.25) is 0 Å². The summed E-state index contributed by atoms with van der Waals surface area (Å²) in [5.41, 5.74) is 7.74. The zero-order valence-electron chi connectivity index (χ0n) is 16.5. The van der Waals surface area contributed by atoms with Gasteiger partial charge in [-0.1, -0.05) is 12.1 Å². The number of nitrogens with zero attached hydrogens (tertiary/aromatic N) is 4. The Hall–Kier alpha value is -3.03. The monoisotopic (exact) mass is 407 g/mol. The van der Waals surface area contributed by atoms with Crippen LogP contribution in [0.2, 0.25) is 0 Å². The third kappa shape index (κ3) is 2.93. The number of aliphatic hydroxyl groups excluding tert-OH is 1. The Morgan fingerprint density at radius 1 is 1.17 bits per heavy atom. The van der Waals surface area contributed by atoms with E-state index in [0.717, 1.165) is 0 Å². The molecular weight excluding hydrogens is 386 g/mol. The van der Waals surface area contributed by atoms with Crippen molar-refractivity contribution in [3.8, 4) is 6.07 Å². The van der Waals surface area contributed by atoms with E-state index in [9.17, 15) is 5.11 Å². The lowest BCUT2D eigenvalue weighted by Gasteiger charge is -2.27. The van der Waals surface area contributed by atoms with Crippen LogP contribution in [0.1, 0.15) is 37.3 Å². The lowest BCUT2D eigenvalue weighted by atomic mass is 9.98. The number of fused-ring (bicyclic) bond motifs is 2. The first-order chi connectivity index (χ1) is 14.4. The lowest BCUT2D eigenvalue weighted by Crippen LogP contribution is -2.34. The summed E-state index contributed by atoms with van der Waals surface area (Å²) in [6.45, 7) is 3.67. The first kappa shape index (κ1) is 19.0. The van der Waals surface area contributed by atoms with Crippen LogP contribution in [0.3, 0.4) is 0 Å². The van der Waals surface area contributed by atoms with Crippen LogP contribution in [-0.2, 0) is 14.2 Å². The van der Waals surface area contributed by atoms with Crippen molar-refractivity contribution >= 4 is 16.9 Å². The normalized spacial score (nSPS) is 28.3. The Morgan fingerprint density at radius 2 is 1.90 bits per heavy atom. The maximum absolute atomic E-state index is 11.1. The van der Waals surface area contributed by atoms with Gasteiger partial charge in [-0.05, 0) is 37.6 Å². The summed E-state index contributed by atoms with van der Waals surface area (Å²) in [5, 5.41) is 20.8. The fourth-order valence-electron chi connectivity index (χ4n) is 4.23. The molecule has 0 saturated carbocycles. The van der Waals surface area contributed by atoms with Crippen molar-refractivity contribution < 1.29 is 19.3 Å². The van der Waals surface area contributed by atoms with Crippen molar-refractivity contribution in [1.29, 1.82) is 5.26 Å². The molecular formula is C21H21N5O4. The van der Waals surface area contributed by atoms with Gasteiger partial charge < -0.3 is 29.6 Å². The molecule has 1 unspecified atom stereocenters. The minimum absolute atomic E-state index is 0.381. The van der Waals surface area contributed by atoms with Crippen molar-refractivity contribution in [2.45, 2.75) is 50.3 Å². The van der Waals surface area contributed by atoms with Crippen LogP contribution in [0, 0.1) is 11.3 Å². The molecule has 3 aromatic rings. The molecule has 0 aliphatic carbocycles. The van der Waals surface area contributed by atoms with E-state index >= 15 is 0 Å². The number of benzene rings is 1. The van der Waals surface area contributed by atoms with Gasteiger partial charge >= 0.3 is 0 Å². The Balaban J connectivity index is 1.52. The van der Waals surface area contributed by atoms with Gasteiger partial charge in [-0.2, -0.15) is 5.26 Å². The van der Waals surface area contributed by atoms with Gasteiger partial charge in [-0.3, -0.25) is 0 Å². The predicted octanol–water partition coefficient (Wildman–Crippen LogP) is 2.04. The largest absolute Gasteiger partial charge is 0.386 e. The SMILES string of the molecule is CC1(C)O[C@@H]2[C@H](O1)[C@@H](C(O)c1ccc(C#N)cc1)O[C@H]2n1ccc2c(N)ncnc21. The van der Waals surface area contributed by atoms with Gasteiger partial charge in [0, 0.05) is 6.20 Å². The molecule has 5 atom stereocenters. The molecule has 1 aromatic carbocycles. The van der Waals surface area contributed by atoms with E-state index < -0.39 is 36.4 Å². The molecule has 2 aliphatic rings. The van der Waals surface area contributed by atoms with E-state index in [0.29, 0.717) is 28.0 Å². The number of rotatable bonds is 3. The highest BCUT2D eigenvalue weighted by atomic mass is 16.8. The third-order valence-electron chi connectivity index (χ3n) is 5.57. The number of aliphatic hydroxyl groups is 1. The van der Waals surface area contributed by atoms with E-state index in [-0.39, 0.29) is 0 Å². The smallest absolute Gasteiger partial charge is 0.164 e. The number of aromatic nitrogens is 3. The molecule has 154 valence electrons. The van der Waals surface area contributed by atoms with Crippen LogP contribution in [0.25, 0.3) is 11.0 Å². The molecule has 0 bridgehead atoms. The molecule has 2 fully saturated rings. The van der Waals surface area contributed by atoms with Gasteiger partial charge in [-0.25, -0.2) is 9.97 Å². The number of hydrogen-bond donors (Lipinski definition) is 2. The van der Waals surface area contributed by atoms with Gasteiger partial charge in [0.25, 0.3) is 0 Å². The minimum atomic E-state index is -0.964. The van der Waals surface area contributed by atoms with Crippen LogP contribution >= 0.6 is 0 Å². The first-order valence-corrected chi connectivity index (χ1v) is 9.64. The Labute approximate surface area is 172 Å². The second-order valence-corrected chi connectivity index (χ2v) is 7.95. The van der Waals surface area contributed by atoms with E-state index in [1.165, 1.54) is 6.33 Å². The molecule has 2 aliphatic heterocycles. The Bertz CT molecular complexity index is 1140. The fourth-order valence-corrected chi connectivity index (χ4v) is 4.23. The lowest BCUT2D eigenvalue weighted by molar-refractivity contribution is -0.207. The first-order valence-electron chi connectivity index (χ1n) is 9.64. The molecule has 0 amide bonds. The number of hydrogen-bond acceptors (Lipinski definition) is 8. The zero-order valence-corrected chi connectivity index (χ0v) is 16.5. The van der Waals surface area contributed by atoms with E-state index in [1.807, 2.05) is 30.7 Å². The third-order valence-corrected chi connectivity index (χ3v) is 5.57. The van der Waals surface area contributed by atoms with Gasteiger partial charge in [-0.15, -0.1) is 0 Å². The highest BCUT2D eigenvalue weighted by molar-refractivity contribution is 5.86. The number of nitrogens with two attached hydrogens (primary N) is 1. The van der Waals surface area contributed by atoms with Crippen molar-refractivity contribution in [2.24, 2.45) is 0 Å². The molecule has 4 heterocycles. The van der Waals surface area contributed by atoms with E-state index in [4.69, 9.17) is 25.2 Å². The van der Waals surface area contributed by atoms with Crippen LogP contribution in [0.5, 0.6) is 0 Å². The predicted molar refractivity (Wildman–Crippen MR) is 106 cm³/mol. The summed E-state index contributed by atoms with van der Waals surface area (Å²) in [6, 6.07) is 10.7. The van der Waals surface area contributed by atoms with Crippen molar-refractivity contribution in [3.63, 3.8) is 0 Å². The molecule has 5 rings (SSSR count).